The molecule has 4 heterocycles. The van der Waals surface area contributed by atoms with Gasteiger partial charge in [-0.1, -0.05) is 6.07 Å². The predicted octanol–water partition coefficient (Wildman–Crippen LogP) is 3.16. The fourth-order valence-electron chi connectivity index (χ4n) is 5.82. The van der Waals surface area contributed by atoms with E-state index in [9.17, 15) is 8.42 Å². The van der Waals surface area contributed by atoms with Crippen LogP contribution in [0, 0.1) is 12.8 Å². The molecule has 2 aromatic heterocycles. The lowest BCUT2D eigenvalue weighted by Gasteiger charge is -2.31. The fraction of sp³-hybridized carbons (Fsp3) is 0.379. The van der Waals surface area contributed by atoms with Gasteiger partial charge in [-0.05, 0) is 91.7 Å². The van der Waals surface area contributed by atoms with Gasteiger partial charge in [0.2, 0.25) is 16.0 Å². The number of rotatable bonds is 6. The Morgan fingerprint density at radius 1 is 1.02 bits per heavy atom. The Balaban J connectivity index is 1.30. The standard InChI is InChI=1S/C29H34N8O2S/c1-19-11-22(24-14-32-29(30)33-15-24)13-26-27(19)34-18-35-28(26)37-10-7-21-3-4-25(12-23(21)17-37)40(38,39)36(2)16-20-5-8-31-9-6-20/h3-4,11-15,18,20,31H,5-10,16-17H2,1-2H3,(H2,30,32,33). The molecule has 2 aliphatic rings. The minimum absolute atomic E-state index is 0.233. The highest BCUT2D eigenvalue weighted by atomic mass is 32.2. The third kappa shape index (κ3) is 5.12. The molecule has 4 aromatic rings. The van der Waals surface area contributed by atoms with Crippen molar-refractivity contribution in [3.63, 3.8) is 0 Å². The third-order valence-electron chi connectivity index (χ3n) is 8.09. The molecule has 6 rings (SSSR count). The van der Waals surface area contributed by atoms with Crippen molar-refractivity contribution < 1.29 is 8.42 Å². The summed E-state index contributed by atoms with van der Waals surface area (Å²) in [7, 11) is -1.89. The van der Waals surface area contributed by atoms with Crippen molar-refractivity contribution in [3.8, 4) is 11.1 Å². The number of aromatic nitrogens is 4. The van der Waals surface area contributed by atoms with Crippen LogP contribution in [0.3, 0.4) is 0 Å². The molecule has 0 spiro atoms. The summed E-state index contributed by atoms with van der Waals surface area (Å²) in [6, 6.07) is 9.71. The number of nitrogens with two attached hydrogens (primary N) is 1. The number of sulfonamides is 1. The van der Waals surface area contributed by atoms with Crippen molar-refractivity contribution in [2.75, 3.05) is 43.9 Å². The number of nitrogen functional groups attached to an aromatic ring is 1. The Bertz CT molecular complexity index is 1650. The lowest BCUT2D eigenvalue weighted by molar-refractivity contribution is 0.311. The Morgan fingerprint density at radius 2 is 1.80 bits per heavy atom. The van der Waals surface area contributed by atoms with E-state index in [0.717, 1.165) is 77.9 Å². The van der Waals surface area contributed by atoms with Crippen LogP contribution in [0.1, 0.15) is 29.5 Å². The number of piperidine rings is 1. The number of hydrogen-bond acceptors (Lipinski definition) is 9. The molecule has 208 valence electrons. The van der Waals surface area contributed by atoms with Gasteiger partial charge in [-0.25, -0.2) is 32.7 Å². The minimum atomic E-state index is -3.59. The third-order valence-corrected chi connectivity index (χ3v) is 9.90. The zero-order valence-electron chi connectivity index (χ0n) is 22.8. The van der Waals surface area contributed by atoms with Crippen LogP contribution in [0.5, 0.6) is 0 Å². The largest absolute Gasteiger partial charge is 0.368 e. The first-order chi connectivity index (χ1) is 19.3. The van der Waals surface area contributed by atoms with Crippen molar-refractivity contribution in [3.05, 3.63) is 65.7 Å². The van der Waals surface area contributed by atoms with Gasteiger partial charge in [-0.15, -0.1) is 0 Å². The molecule has 0 aliphatic carbocycles. The number of nitrogens with one attached hydrogen (secondary N) is 1. The number of aryl methyl sites for hydroxylation is 1. The summed E-state index contributed by atoms with van der Waals surface area (Å²) in [4.78, 5) is 20.1. The second kappa shape index (κ2) is 10.7. The highest BCUT2D eigenvalue weighted by molar-refractivity contribution is 7.89. The van der Waals surface area contributed by atoms with Gasteiger partial charge in [0, 0.05) is 50.0 Å². The molecule has 0 unspecified atom stereocenters. The first-order valence-corrected chi connectivity index (χ1v) is 15.1. The Hall–Kier alpha value is -3.67. The molecule has 0 radical (unpaired) electrons. The van der Waals surface area contributed by atoms with Crippen molar-refractivity contribution in [2.45, 2.75) is 37.6 Å². The number of nitrogens with zero attached hydrogens (tertiary/aromatic N) is 6. The predicted molar refractivity (Wildman–Crippen MR) is 156 cm³/mol. The molecule has 2 aliphatic heterocycles. The summed E-state index contributed by atoms with van der Waals surface area (Å²) in [6.07, 6.45) is 7.83. The first-order valence-electron chi connectivity index (χ1n) is 13.7. The Labute approximate surface area is 234 Å². The summed E-state index contributed by atoms with van der Waals surface area (Å²) < 4.78 is 28.5. The van der Waals surface area contributed by atoms with Crippen LogP contribution in [-0.2, 0) is 23.0 Å². The van der Waals surface area contributed by atoms with E-state index in [1.165, 1.54) is 9.87 Å². The Kier molecular flexibility index (Phi) is 7.11. The number of benzene rings is 2. The summed E-state index contributed by atoms with van der Waals surface area (Å²) in [5.74, 6) is 1.44. The highest BCUT2D eigenvalue weighted by Crippen LogP contribution is 2.34. The van der Waals surface area contributed by atoms with E-state index < -0.39 is 10.0 Å². The smallest absolute Gasteiger partial charge is 0.242 e. The summed E-state index contributed by atoms with van der Waals surface area (Å²) in [5.41, 5.74) is 11.6. The van der Waals surface area contributed by atoms with Gasteiger partial charge in [0.15, 0.2) is 0 Å². The van der Waals surface area contributed by atoms with Crippen molar-refractivity contribution >= 4 is 32.7 Å². The molecule has 1 saturated heterocycles. The maximum Gasteiger partial charge on any atom is 0.242 e. The van der Waals surface area contributed by atoms with Crippen LogP contribution in [0.4, 0.5) is 11.8 Å². The van der Waals surface area contributed by atoms with Gasteiger partial charge in [0.05, 0.1) is 10.4 Å². The molecular weight excluding hydrogens is 524 g/mol. The second-order valence-corrected chi connectivity index (χ2v) is 12.8. The van der Waals surface area contributed by atoms with E-state index in [1.807, 2.05) is 19.1 Å². The van der Waals surface area contributed by atoms with Gasteiger partial charge in [0.25, 0.3) is 0 Å². The molecule has 0 atom stereocenters. The van der Waals surface area contributed by atoms with Crippen molar-refractivity contribution in [1.29, 1.82) is 0 Å². The van der Waals surface area contributed by atoms with Gasteiger partial charge in [-0.2, -0.15) is 0 Å². The molecule has 2 aromatic carbocycles. The molecule has 1 fully saturated rings. The average molecular weight is 559 g/mol. The van der Waals surface area contributed by atoms with E-state index in [-0.39, 0.29) is 5.95 Å². The molecule has 40 heavy (non-hydrogen) atoms. The molecule has 0 saturated carbocycles. The molecule has 3 N–H and O–H groups in total. The van der Waals surface area contributed by atoms with E-state index in [0.29, 0.717) is 23.9 Å². The van der Waals surface area contributed by atoms with Crippen molar-refractivity contribution in [1.82, 2.24) is 29.6 Å². The number of fused-ring (bicyclic) bond motifs is 2. The van der Waals surface area contributed by atoms with Gasteiger partial charge >= 0.3 is 0 Å². The average Bonchev–Trinajstić information content (AvgIpc) is 2.97. The minimum Gasteiger partial charge on any atom is -0.368 e. The van der Waals surface area contributed by atoms with Gasteiger partial charge in [-0.3, -0.25) is 0 Å². The van der Waals surface area contributed by atoms with Crippen LogP contribution in [-0.4, -0.2) is 65.9 Å². The molecule has 0 amide bonds. The zero-order chi connectivity index (χ0) is 27.9. The maximum absolute atomic E-state index is 13.5. The van der Waals surface area contributed by atoms with Crippen LogP contribution >= 0.6 is 0 Å². The topological polar surface area (TPSA) is 130 Å². The molecule has 10 nitrogen and oxygen atoms in total. The number of hydrogen-bond donors (Lipinski definition) is 2. The normalized spacial score (nSPS) is 16.4. The Morgan fingerprint density at radius 3 is 2.58 bits per heavy atom. The van der Waals surface area contributed by atoms with E-state index in [4.69, 9.17) is 5.73 Å². The van der Waals surface area contributed by atoms with Crippen molar-refractivity contribution in [2.24, 2.45) is 5.92 Å². The van der Waals surface area contributed by atoms with Crippen LogP contribution < -0.4 is 16.0 Å². The van der Waals surface area contributed by atoms with Gasteiger partial charge in [0.1, 0.15) is 12.1 Å². The summed E-state index contributed by atoms with van der Waals surface area (Å²) in [5, 5.41) is 4.28. The van der Waals surface area contributed by atoms with E-state index >= 15 is 0 Å². The molecule has 11 heteroatoms. The van der Waals surface area contributed by atoms with Gasteiger partial charge < -0.3 is 16.0 Å². The lowest BCUT2D eigenvalue weighted by Crippen LogP contribution is -2.37. The number of anilines is 2. The zero-order valence-corrected chi connectivity index (χ0v) is 23.7. The van der Waals surface area contributed by atoms with E-state index in [1.54, 1.807) is 31.8 Å². The highest BCUT2D eigenvalue weighted by Gasteiger charge is 2.27. The lowest BCUT2D eigenvalue weighted by atomic mass is 9.98. The maximum atomic E-state index is 13.5. The fourth-order valence-corrected chi connectivity index (χ4v) is 7.12. The molecular formula is C29H34N8O2S. The first kappa shape index (κ1) is 26.5. The molecule has 0 bridgehead atoms. The van der Waals surface area contributed by atoms with Crippen LogP contribution in [0.15, 0.2) is 53.9 Å². The second-order valence-electron chi connectivity index (χ2n) is 10.8. The van der Waals surface area contributed by atoms with Crippen LogP contribution in [0.25, 0.3) is 22.0 Å². The van der Waals surface area contributed by atoms with Crippen LogP contribution in [0.2, 0.25) is 0 Å². The summed E-state index contributed by atoms with van der Waals surface area (Å²) in [6.45, 7) is 5.80. The summed E-state index contributed by atoms with van der Waals surface area (Å²) >= 11 is 0. The quantitative estimate of drug-likeness (QED) is 0.366. The SMILES string of the molecule is Cc1cc(-c2cnc(N)nc2)cc2c(N3CCc4ccc(S(=O)(=O)N(C)CC5CCNCC5)cc4C3)ncnc12. The van der Waals surface area contributed by atoms with E-state index in [2.05, 4.69) is 42.3 Å². The monoisotopic (exact) mass is 558 g/mol.